The SMILES string of the molecule is O=C(O)C(=Cc1ccccc1F)C(O)c1cccnc1. The third kappa shape index (κ3) is 3.07. The first-order chi connectivity index (χ1) is 9.59. The molecule has 1 aromatic carbocycles. The van der Waals surface area contributed by atoms with Crippen molar-refractivity contribution in [2.75, 3.05) is 0 Å². The van der Waals surface area contributed by atoms with Gasteiger partial charge in [0, 0.05) is 23.5 Å². The summed E-state index contributed by atoms with van der Waals surface area (Å²) in [7, 11) is 0. The monoisotopic (exact) mass is 273 g/mol. The number of aliphatic hydroxyl groups is 1. The van der Waals surface area contributed by atoms with Gasteiger partial charge >= 0.3 is 5.97 Å². The summed E-state index contributed by atoms with van der Waals surface area (Å²) in [5.41, 5.74) is 0.119. The first kappa shape index (κ1) is 13.9. The van der Waals surface area contributed by atoms with Gasteiger partial charge in [-0.1, -0.05) is 24.3 Å². The molecule has 0 fully saturated rings. The number of benzene rings is 1. The number of aliphatic carboxylic acids is 1. The second kappa shape index (κ2) is 6.08. The zero-order valence-corrected chi connectivity index (χ0v) is 10.4. The largest absolute Gasteiger partial charge is 0.478 e. The molecule has 0 saturated heterocycles. The summed E-state index contributed by atoms with van der Waals surface area (Å²) in [6, 6.07) is 8.89. The van der Waals surface area contributed by atoms with E-state index in [-0.39, 0.29) is 11.1 Å². The van der Waals surface area contributed by atoms with E-state index in [1.165, 1.54) is 30.6 Å². The molecule has 1 unspecified atom stereocenters. The molecule has 2 aromatic rings. The molecule has 0 aliphatic carbocycles. The number of halogens is 1. The lowest BCUT2D eigenvalue weighted by molar-refractivity contribution is -0.133. The third-order valence-electron chi connectivity index (χ3n) is 2.76. The van der Waals surface area contributed by atoms with Crippen molar-refractivity contribution < 1.29 is 19.4 Å². The first-order valence-electron chi connectivity index (χ1n) is 5.87. The van der Waals surface area contributed by atoms with Crippen LogP contribution in [0, 0.1) is 5.82 Å². The summed E-state index contributed by atoms with van der Waals surface area (Å²) in [6.07, 6.45) is 2.62. The molecule has 0 aliphatic rings. The first-order valence-corrected chi connectivity index (χ1v) is 5.87. The number of rotatable bonds is 4. The highest BCUT2D eigenvalue weighted by Crippen LogP contribution is 2.24. The van der Waals surface area contributed by atoms with Crippen molar-refractivity contribution >= 4 is 12.0 Å². The summed E-state index contributed by atoms with van der Waals surface area (Å²) in [5, 5.41) is 19.3. The predicted molar refractivity (Wildman–Crippen MR) is 71.2 cm³/mol. The molecule has 2 rings (SSSR count). The van der Waals surface area contributed by atoms with Crippen molar-refractivity contribution in [1.29, 1.82) is 0 Å². The Morgan fingerprint density at radius 3 is 2.60 bits per heavy atom. The van der Waals surface area contributed by atoms with Crippen LogP contribution in [-0.2, 0) is 4.79 Å². The van der Waals surface area contributed by atoms with Crippen LogP contribution in [-0.4, -0.2) is 21.2 Å². The van der Waals surface area contributed by atoms with Crippen LogP contribution in [0.4, 0.5) is 4.39 Å². The quantitative estimate of drug-likeness (QED) is 0.839. The summed E-state index contributed by atoms with van der Waals surface area (Å²) in [4.78, 5) is 15.1. The van der Waals surface area contributed by atoms with E-state index in [4.69, 9.17) is 0 Å². The lowest BCUT2D eigenvalue weighted by Crippen LogP contribution is -2.11. The molecule has 102 valence electrons. The maximum atomic E-state index is 13.5. The highest BCUT2D eigenvalue weighted by Gasteiger charge is 2.20. The molecule has 5 heteroatoms. The Kier molecular flexibility index (Phi) is 4.22. The number of pyridine rings is 1. The molecule has 4 nitrogen and oxygen atoms in total. The van der Waals surface area contributed by atoms with Gasteiger partial charge in [-0.15, -0.1) is 0 Å². The highest BCUT2D eigenvalue weighted by molar-refractivity contribution is 5.93. The Labute approximate surface area is 114 Å². The normalized spacial score (nSPS) is 13.0. The van der Waals surface area contributed by atoms with Gasteiger partial charge in [0.25, 0.3) is 0 Å². The number of carbonyl (C=O) groups is 1. The van der Waals surface area contributed by atoms with Gasteiger partial charge in [-0.2, -0.15) is 0 Å². The molecule has 20 heavy (non-hydrogen) atoms. The summed E-state index contributed by atoms with van der Waals surface area (Å²) in [6.45, 7) is 0. The van der Waals surface area contributed by atoms with Gasteiger partial charge in [0.1, 0.15) is 11.9 Å². The molecule has 1 aromatic heterocycles. The molecule has 2 N–H and O–H groups in total. The Morgan fingerprint density at radius 1 is 1.25 bits per heavy atom. The number of nitrogens with zero attached hydrogens (tertiary/aromatic N) is 1. The maximum Gasteiger partial charge on any atom is 0.334 e. The Balaban J connectivity index is 2.42. The summed E-state index contributed by atoms with van der Waals surface area (Å²) < 4.78 is 13.5. The lowest BCUT2D eigenvalue weighted by atomic mass is 10.0. The smallest absolute Gasteiger partial charge is 0.334 e. The Morgan fingerprint density at radius 2 is 2.00 bits per heavy atom. The molecule has 0 bridgehead atoms. The highest BCUT2D eigenvalue weighted by atomic mass is 19.1. The second-order valence-electron chi connectivity index (χ2n) is 4.12. The topological polar surface area (TPSA) is 70.4 Å². The molecule has 0 amide bonds. The Hall–Kier alpha value is -2.53. The lowest BCUT2D eigenvalue weighted by Gasteiger charge is -2.11. The van der Waals surface area contributed by atoms with Crippen LogP contribution in [0.1, 0.15) is 17.2 Å². The number of carboxylic acids is 1. The van der Waals surface area contributed by atoms with E-state index in [9.17, 15) is 19.4 Å². The molecule has 1 heterocycles. The maximum absolute atomic E-state index is 13.5. The molecule has 1 atom stereocenters. The average molecular weight is 273 g/mol. The predicted octanol–water partition coefficient (Wildman–Crippen LogP) is 2.42. The van der Waals surface area contributed by atoms with Gasteiger partial charge < -0.3 is 10.2 Å². The minimum Gasteiger partial charge on any atom is -0.478 e. The van der Waals surface area contributed by atoms with Gasteiger partial charge in [-0.05, 0) is 18.2 Å². The number of hydrogen-bond donors (Lipinski definition) is 2. The van der Waals surface area contributed by atoms with Gasteiger partial charge in [0.2, 0.25) is 0 Å². The fourth-order valence-corrected chi connectivity index (χ4v) is 1.73. The van der Waals surface area contributed by atoms with Crippen LogP contribution in [0.3, 0.4) is 0 Å². The van der Waals surface area contributed by atoms with Gasteiger partial charge in [0.05, 0.1) is 5.57 Å². The van der Waals surface area contributed by atoms with E-state index in [2.05, 4.69) is 4.98 Å². The molecule has 0 radical (unpaired) electrons. The standard InChI is InChI=1S/C15H12FNO3/c16-13-6-2-1-4-10(13)8-12(15(19)20)14(18)11-5-3-7-17-9-11/h1-9,14,18H,(H,19,20). The fraction of sp³-hybridized carbons (Fsp3) is 0.0667. The van der Waals surface area contributed by atoms with Crippen LogP contribution < -0.4 is 0 Å². The molecule has 0 spiro atoms. The zero-order chi connectivity index (χ0) is 14.5. The van der Waals surface area contributed by atoms with Crippen molar-refractivity contribution in [3.05, 3.63) is 71.3 Å². The van der Waals surface area contributed by atoms with Crippen molar-refractivity contribution in [2.24, 2.45) is 0 Å². The van der Waals surface area contributed by atoms with Crippen molar-refractivity contribution in [1.82, 2.24) is 4.98 Å². The van der Waals surface area contributed by atoms with E-state index in [0.717, 1.165) is 6.08 Å². The van der Waals surface area contributed by atoms with Crippen LogP contribution in [0.15, 0.2) is 54.4 Å². The fourth-order valence-electron chi connectivity index (χ4n) is 1.73. The van der Waals surface area contributed by atoms with Crippen molar-refractivity contribution in [3.8, 4) is 0 Å². The summed E-state index contributed by atoms with van der Waals surface area (Å²) >= 11 is 0. The van der Waals surface area contributed by atoms with Gasteiger partial charge in [-0.25, -0.2) is 9.18 Å². The van der Waals surface area contributed by atoms with E-state index in [1.807, 2.05) is 0 Å². The summed E-state index contributed by atoms with van der Waals surface area (Å²) in [5.74, 6) is -1.87. The zero-order valence-electron chi connectivity index (χ0n) is 10.4. The van der Waals surface area contributed by atoms with E-state index < -0.39 is 17.9 Å². The Bertz CT molecular complexity index is 641. The van der Waals surface area contributed by atoms with Crippen LogP contribution >= 0.6 is 0 Å². The minimum absolute atomic E-state index is 0.104. The van der Waals surface area contributed by atoms with Gasteiger partial charge in [-0.3, -0.25) is 4.98 Å². The van der Waals surface area contributed by atoms with E-state index in [0.29, 0.717) is 5.56 Å². The number of aliphatic hydroxyl groups excluding tert-OH is 1. The van der Waals surface area contributed by atoms with Crippen LogP contribution in [0.25, 0.3) is 6.08 Å². The van der Waals surface area contributed by atoms with Crippen molar-refractivity contribution in [3.63, 3.8) is 0 Å². The second-order valence-corrected chi connectivity index (χ2v) is 4.12. The number of aromatic nitrogens is 1. The third-order valence-corrected chi connectivity index (χ3v) is 2.76. The average Bonchev–Trinajstić information content (AvgIpc) is 2.46. The number of carboxylic acid groups (broad SMARTS) is 1. The van der Waals surface area contributed by atoms with E-state index >= 15 is 0 Å². The minimum atomic E-state index is -1.37. The molecular weight excluding hydrogens is 261 g/mol. The molecule has 0 aliphatic heterocycles. The van der Waals surface area contributed by atoms with Crippen LogP contribution in [0.2, 0.25) is 0 Å². The molecular formula is C15H12FNO3. The van der Waals surface area contributed by atoms with Crippen molar-refractivity contribution in [2.45, 2.75) is 6.10 Å². The molecule has 0 saturated carbocycles. The van der Waals surface area contributed by atoms with E-state index in [1.54, 1.807) is 18.2 Å². The number of hydrogen-bond acceptors (Lipinski definition) is 3. The van der Waals surface area contributed by atoms with Gasteiger partial charge in [0.15, 0.2) is 0 Å². The van der Waals surface area contributed by atoms with Crippen LogP contribution in [0.5, 0.6) is 0 Å².